The number of rotatable bonds is 4. The van der Waals surface area contributed by atoms with E-state index in [1.165, 1.54) is 0 Å². The van der Waals surface area contributed by atoms with E-state index in [2.05, 4.69) is 27.7 Å². The molecule has 5 nitrogen and oxygen atoms in total. The highest BCUT2D eigenvalue weighted by Gasteiger charge is 2.52. The van der Waals surface area contributed by atoms with Crippen LogP contribution in [0.15, 0.2) is 54.0 Å². The molecule has 0 atom stereocenters. The minimum atomic E-state index is -0.967. The Bertz CT molecular complexity index is 1130. The van der Waals surface area contributed by atoms with Crippen LogP contribution >= 0.6 is 23.7 Å². The molecule has 0 unspecified atom stereocenters. The molecule has 0 spiro atoms. The van der Waals surface area contributed by atoms with Gasteiger partial charge in [0.2, 0.25) is 0 Å². The van der Waals surface area contributed by atoms with Gasteiger partial charge in [-0.15, -0.1) is 33.9 Å². The van der Waals surface area contributed by atoms with Gasteiger partial charge >= 0.3 is 0 Å². The van der Waals surface area contributed by atoms with E-state index >= 15 is 0 Å². The summed E-state index contributed by atoms with van der Waals surface area (Å²) in [5.74, 6) is 0.914. The monoisotopic (exact) mass is 412 g/mol. The first-order valence-corrected chi connectivity index (χ1v) is 9.95. The lowest BCUT2D eigenvalue weighted by atomic mass is 9.99. The number of nitrogens with zero attached hydrogens (tertiary/aromatic N) is 4. The van der Waals surface area contributed by atoms with Gasteiger partial charge in [0.15, 0.2) is 11.5 Å². The Kier molecular flexibility index (Phi) is 4.53. The Hall–Kier alpha value is -2.28. The van der Waals surface area contributed by atoms with Crippen LogP contribution in [0.3, 0.4) is 0 Å². The third kappa shape index (κ3) is 2.92. The lowest BCUT2D eigenvalue weighted by Crippen LogP contribution is -2.18. The molecule has 1 aliphatic rings. The van der Waals surface area contributed by atoms with Gasteiger partial charge in [-0.1, -0.05) is 36.4 Å². The highest BCUT2D eigenvalue weighted by Crippen LogP contribution is 2.54. The number of aromatic nitrogens is 4. The molecule has 3 heterocycles. The summed E-state index contributed by atoms with van der Waals surface area (Å²) in [5, 5.41) is 22.6. The third-order valence-electron chi connectivity index (χ3n) is 5.26. The molecule has 0 saturated heterocycles. The molecule has 1 aliphatic carbocycles. The average Bonchev–Trinajstić information content (AvgIpc) is 3.12. The Balaban J connectivity index is 0.00000192. The lowest BCUT2D eigenvalue weighted by Gasteiger charge is -2.18. The fourth-order valence-electron chi connectivity index (χ4n) is 3.61. The predicted octanol–water partition coefficient (Wildman–Crippen LogP) is 4.58. The van der Waals surface area contributed by atoms with E-state index in [4.69, 9.17) is 4.98 Å². The van der Waals surface area contributed by atoms with Gasteiger partial charge in [0.25, 0.3) is 0 Å². The molecular formula is C21H21ClN4OS. The molecule has 7 heteroatoms. The van der Waals surface area contributed by atoms with E-state index in [1.807, 2.05) is 40.9 Å². The van der Waals surface area contributed by atoms with Crippen LogP contribution in [0.5, 0.6) is 0 Å². The maximum atomic E-state index is 10.5. The second kappa shape index (κ2) is 6.65. The zero-order chi connectivity index (χ0) is 18.6. The maximum Gasteiger partial charge on any atom is 0.166 e. The van der Waals surface area contributed by atoms with Gasteiger partial charge in [0, 0.05) is 22.7 Å². The Labute approximate surface area is 173 Å². The van der Waals surface area contributed by atoms with Crippen LogP contribution in [-0.4, -0.2) is 24.7 Å². The molecule has 4 aromatic rings. The number of aliphatic hydroxyl groups is 1. The van der Waals surface area contributed by atoms with Crippen molar-refractivity contribution in [3.63, 3.8) is 0 Å². The van der Waals surface area contributed by atoms with E-state index in [0.29, 0.717) is 5.65 Å². The maximum absolute atomic E-state index is 10.5. The van der Waals surface area contributed by atoms with Crippen LogP contribution in [-0.2, 0) is 11.0 Å². The minimum Gasteiger partial charge on any atom is -0.386 e. The van der Waals surface area contributed by atoms with Crippen LogP contribution in [0, 0.1) is 0 Å². The van der Waals surface area contributed by atoms with Crippen molar-refractivity contribution in [1.82, 2.24) is 19.6 Å². The van der Waals surface area contributed by atoms with Crippen molar-refractivity contribution in [2.75, 3.05) is 0 Å². The molecule has 3 aromatic heterocycles. The largest absolute Gasteiger partial charge is 0.386 e. The SMILES string of the molecule is CC(C)(O)c1cccn2c(C3(c4nc(-c5ccccc5)cs4)CC3)nnc12.Cl. The molecule has 144 valence electrons. The van der Waals surface area contributed by atoms with Gasteiger partial charge in [-0.25, -0.2) is 4.98 Å². The normalized spacial score (nSPS) is 15.4. The number of pyridine rings is 1. The number of hydrogen-bond acceptors (Lipinski definition) is 5. The summed E-state index contributed by atoms with van der Waals surface area (Å²) in [4.78, 5) is 4.94. The third-order valence-corrected chi connectivity index (χ3v) is 6.30. The van der Waals surface area contributed by atoms with Gasteiger partial charge in [0.1, 0.15) is 5.01 Å². The van der Waals surface area contributed by atoms with Gasteiger partial charge in [-0.05, 0) is 32.8 Å². The highest BCUT2D eigenvalue weighted by atomic mass is 35.5. The second-order valence-electron chi connectivity index (χ2n) is 7.68. The van der Waals surface area contributed by atoms with Crippen molar-refractivity contribution in [3.05, 3.63) is 70.4 Å². The Morgan fingerprint density at radius 2 is 1.82 bits per heavy atom. The molecule has 1 aromatic carbocycles. The number of thiazole rings is 1. The van der Waals surface area contributed by atoms with Crippen LogP contribution in [0.1, 0.15) is 43.1 Å². The van der Waals surface area contributed by atoms with Crippen molar-refractivity contribution in [2.24, 2.45) is 0 Å². The molecule has 0 bridgehead atoms. The second-order valence-corrected chi connectivity index (χ2v) is 8.54. The van der Waals surface area contributed by atoms with Gasteiger partial charge < -0.3 is 5.11 Å². The molecule has 0 aliphatic heterocycles. The topological polar surface area (TPSA) is 63.3 Å². The van der Waals surface area contributed by atoms with Crippen molar-refractivity contribution >= 4 is 29.4 Å². The molecule has 1 fully saturated rings. The fraction of sp³-hybridized carbons (Fsp3) is 0.286. The Morgan fingerprint density at radius 1 is 1.07 bits per heavy atom. The quantitative estimate of drug-likeness (QED) is 0.532. The molecule has 0 amide bonds. The van der Waals surface area contributed by atoms with E-state index in [-0.39, 0.29) is 17.8 Å². The number of halogens is 1. The number of fused-ring (bicyclic) bond motifs is 1. The summed E-state index contributed by atoms with van der Waals surface area (Å²) in [7, 11) is 0. The summed E-state index contributed by atoms with van der Waals surface area (Å²) in [6.07, 6.45) is 4.01. The molecule has 1 N–H and O–H groups in total. The van der Waals surface area contributed by atoms with Gasteiger partial charge in [-0.2, -0.15) is 0 Å². The summed E-state index contributed by atoms with van der Waals surface area (Å²) in [6, 6.07) is 14.1. The standard InChI is InChI=1S/C21H20N4OS.ClH/c1-20(2,26)15-9-6-12-25-17(15)23-24-18(25)21(10-11-21)19-22-16(13-27-19)14-7-4-3-5-8-14;/h3-9,12-13,26H,10-11H2,1-2H3;1H. The highest BCUT2D eigenvalue weighted by molar-refractivity contribution is 7.10. The van der Waals surface area contributed by atoms with E-state index in [0.717, 1.165) is 40.5 Å². The number of benzene rings is 1. The molecular weight excluding hydrogens is 392 g/mol. The van der Waals surface area contributed by atoms with Crippen molar-refractivity contribution in [3.8, 4) is 11.3 Å². The molecule has 0 radical (unpaired) electrons. The fourth-order valence-corrected chi connectivity index (χ4v) is 4.70. The first-order valence-electron chi connectivity index (χ1n) is 9.08. The summed E-state index contributed by atoms with van der Waals surface area (Å²) in [6.45, 7) is 3.55. The van der Waals surface area contributed by atoms with Crippen LogP contribution in [0.4, 0.5) is 0 Å². The first-order chi connectivity index (χ1) is 13.0. The summed E-state index contributed by atoms with van der Waals surface area (Å²) >= 11 is 1.69. The average molecular weight is 413 g/mol. The van der Waals surface area contributed by atoms with Crippen molar-refractivity contribution in [2.45, 2.75) is 37.7 Å². The van der Waals surface area contributed by atoms with Crippen molar-refractivity contribution < 1.29 is 5.11 Å². The molecule has 1 saturated carbocycles. The van der Waals surface area contributed by atoms with E-state index in [9.17, 15) is 5.11 Å². The minimum absolute atomic E-state index is 0. The summed E-state index contributed by atoms with van der Waals surface area (Å²) < 4.78 is 2.02. The predicted molar refractivity (Wildman–Crippen MR) is 113 cm³/mol. The zero-order valence-corrected chi connectivity index (χ0v) is 17.3. The zero-order valence-electron chi connectivity index (χ0n) is 15.7. The number of hydrogen-bond donors (Lipinski definition) is 1. The van der Waals surface area contributed by atoms with Crippen molar-refractivity contribution in [1.29, 1.82) is 0 Å². The van der Waals surface area contributed by atoms with Crippen LogP contribution in [0.25, 0.3) is 16.9 Å². The smallest absolute Gasteiger partial charge is 0.166 e. The van der Waals surface area contributed by atoms with Crippen LogP contribution < -0.4 is 0 Å². The van der Waals surface area contributed by atoms with E-state index < -0.39 is 5.60 Å². The summed E-state index contributed by atoms with van der Waals surface area (Å²) in [5.41, 5.74) is 2.49. The van der Waals surface area contributed by atoms with Gasteiger partial charge in [-0.3, -0.25) is 4.40 Å². The lowest BCUT2D eigenvalue weighted by molar-refractivity contribution is 0.0796. The van der Waals surface area contributed by atoms with E-state index in [1.54, 1.807) is 25.2 Å². The molecule has 28 heavy (non-hydrogen) atoms. The van der Waals surface area contributed by atoms with Gasteiger partial charge in [0.05, 0.1) is 16.7 Å². The van der Waals surface area contributed by atoms with Crippen LogP contribution in [0.2, 0.25) is 0 Å². The molecule has 5 rings (SSSR count). The Morgan fingerprint density at radius 3 is 2.50 bits per heavy atom. The first kappa shape index (κ1) is 19.1.